The Balaban J connectivity index is 3.15. The van der Waals surface area contributed by atoms with Crippen molar-refractivity contribution in [3.8, 4) is 0 Å². The Morgan fingerprint density at radius 2 is 2.44 bits per heavy atom. The summed E-state index contributed by atoms with van der Waals surface area (Å²) in [7, 11) is 0. The zero-order chi connectivity index (χ0) is 6.69. The Bertz CT molecular complexity index is 226. The average molecular weight is 187 g/mol. The topological polar surface area (TPSA) is 42.9 Å². The minimum Gasteiger partial charge on any atom is -0.298 e. The van der Waals surface area contributed by atoms with Gasteiger partial charge in [-0.1, -0.05) is 0 Å². The lowest BCUT2D eigenvalue weighted by atomic mass is 10.3. The van der Waals surface area contributed by atoms with E-state index in [0.717, 1.165) is 6.29 Å². The van der Waals surface area contributed by atoms with Gasteiger partial charge in [0.05, 0.1) is 11.8 Å². The minimum absolute atomic E-state index is 0.486. The molecule has 0 N–H and O–H groups in total. The number of rotatable bonds is 1. The van der Waals surface area contributed by atoms with Crippen LogP contribution in [0.15, 0.2) is 16.9 Å². The van der Waals surface area contributed by atoms with E-state index in [1.807, 2.05) is 0 Å². The molecule has 0 bridgehead atoms. The minimum atomic E-state index is 0.486. The number of carbonyl (C=O) groups excluding carboxylic acids is 1. The Morgan fingerprint density at radius 1 is 1.67 bits per heavy atom. The zero-order valence-corrected chi connectivity index (χ0v) is 6.00. The monoisotopic (exact) mass is 186 g/mol. The summed E-state index contributed by atoms with van der Waals surface area (Å²) in [4.78, 5) is 10.1. The predicted octanol–water partition coefficient (Wildman–Crippen LogP) is 1.05. The van der Waals surface area contributed by atoms with Crippen LogP contribution in [0.5, 0.6) is 0 Å². The smallest absolute Gasteiger partial charge is 0.152 e. The average Bonchev–Trinajstić information content (AvgIpc) is 1.89. The quantitative estimate of drug-likeness (QED) is 0.617. The number of carbonyl (C=O) groups is 1. The van der Waals surface area contributed by atoms with Crippen molar-refractivity contribution in [2.24, 2.45) is 0 Å². The van der Waals surface area contributed by atoms with Crippen LogP contribution in [-0.4, -0.2) is 16.5 Å². The first-order valence-corrected chi connectivity index (χ1v) is 3.06. The Hall–Kier alpha value is -0.770. The molecule has 0 aliphatic heterocycles. The fraction of sp³-hybridized carbons (Fsp3) is 0. The second kappa shape index (κ2) is 2.68. The largest absolute Gasteiger partial charge is 0.298 e. The predicted molar refractivity (Wildman–Crippen MR) is 35.1 cm³/mol. The van der Waals surface area contributed by atoms with Crippen LogP contribution in [0.1, 0.15) is 10.4 Å². The van der Waals surface area contributed by atoms with Gasteiger partial charge in [-0.25, -0.2) is 0 Å². The molecule has 4 heteroatoms. The van der Waals surface area contributed by atoms with Crippen molar-refractivity contribution in [2.45, 2.75) is 0 Å². The fourth-order valence-electron chi connectivity index (χ4n) is 0.412. The van der Waals surface area contributed by atoms with Crippen LogP contribution < -0.4 is 0 Å². The highest BCUT2D eigenvalue weighted by Gasteiger charge is 1.95. The van der Waals surface area contributed by atoms with E-state index in [0.29, 0.717) is 10.2 Å². The highest BCUT2D eigenvalue weighted by Crippen LogP contribution is 2.07. The van der Waals surface area contributed by atoms with Crippen molar-refractivity contribution in [3.63, 3.8) is 0 Å². The first-order chi connectivity index (χ1) is 4.34. The van der Waals surface area contributed by atoms with Gasteiger partial charge >= 0.3 is 0 Å². The Labute approximate surface area is 60.2 Å². The van der Waals surface area contributed by atoms with Crippen molar-refractivity contribution >= 4 is 22.2 Å². The first kappa shape index (κ1) is 6.35. The van der Waals surface area contributed by atoms with E-state index in [4.69, 9.17) is 0 Å². The van der Waals surface area contributed by atoms with E-state index in [2.05, 4.69) is 26.1 Å². The summed E-state index contributed by atoms with van der Waals surface area (Å²) in [6.07, 6.45) is 2.19. The highest BCUT2D eigenvalue weighted by molar-refractivity contribution is 9.10. The van der Waals surface area contributed by atoms with Crippen molar-refractivity contribution in [1.82, 2.24) is 10.2 Å². The normalized spacial score (nSPS) is 9.00. The maximum atomic E-state index is 10.1. The number of halogens is 1. The number of nitrogens with zero attached hydrogens (tertiary/aromatic N) is 2. The molecule has 0 atom stereocenters. The lowest BCUT2D eigenvalue weighted by molar-refractivity contribution is 0.112. The summed E-state index contributed by atoms with van der Waals surface area (Å²) < 4.78 is 0.486. The van der Waals surface area contributed by atoms with Crippen molar-refractivity contribution in [2.75, 3.05) is 0 Å². The molecule has 1 heterocycles. The van der Waals surface area contributed by atoms with Gasteiger partial charge in [0.15, 0.2) is 6.29 Å². The molecule has 0 saturated heterocycles. The van der Waals surface area contributed by atoms with E-state index in [1.54, 1.807) is 6.07 Å². The molecule has 46 valence electrons. The molecule has 0 aromatic carbocycles. The van der Waals surface area contributed by atoms with Gasteiger partial charge in [0.1, 0.15) is 4.60 Å². The summed E-state index contributed by atoms with van der Waals surface area (Å²) in [5, 5.41) is 7.12. The van der Waals surface area contributed by atoms with Gasteiger partial charge in [-0.15, -0.1) is 5.10 Å². The van der Waals surface area contributed by atoms with Crippen LogP contribution in [0, 0.1) is 0 Å². The van der Waals surface area contributed by atoms with Crippen LogP contribution in [0.3, 0.4) is 0 Å². The molecule has 3 nitrogen and oxygen atoms in total. The summed E-state index contributed by atoms with van der Waals surface area (Å²) >= 11 is 3.05. The van der Waals surface area contributed by atoms with Crippen molar-refractivity contribution in [1.29, 1.82) is 0 Å². The summed E-state index contributed by atoms with van der Waals surface area (Å²) in [5.74, 6) is 0. The van der Waals surface area contributed by atoms with E-state index in [1.165, 1.54) is 6.20 Å². The third kappa shape index (κ3) is 1.32. The molecule has 0 amide bonds. The molecule has 0 aliphatic rings. The van der Waals surface area contributed by atoms with Gasteiger partial charge in [-0.2, -0.15) is 5.10 Å². The number of hydrogen-bond acceptors (Lipinski definition) is 3. The Kier molecular flexibility index (Phi) is 1.89. The van der Waals surface area contributed by atoms with Gasteiger partial charge in [0.2, 0.25) is 0 Å². The van der Waals surface area contributed by atoms with Gasteiger partial charge in [-0.3, -0.25) is 4.79 Å². The lowest BCUT2D eigenvalue weighted by Crippen LogP contribution is -1.87. The first-order valence-electron chi connectivity index (χ1n) is 2.27. The molecule has 0 spiro atoms. The third-order valence-electron chi connectivity index (χ3n) is 0.831. The molecule has 0 unspecified atom stereocenters. The van der Waals surface area contributed by atoms with Gasteiger partial charge in [0, 0.05) is 0 Å². The number of aldehydes is 1. The van der Waals surface area contributed by atoms with Gasteiger partial charge in [-0.05, 0) is 22.0 Å². The second-order valence-corrected chi connectivity index (χ2v) is 2.15. The Morgan fingerprint density at radius 3 is 2.89 bits per heavy atom. The summed E-state index contributed by atoms with van der Waals surface area (Å²) in [5.41, 5.74) is 0.519. The van der Waals surface area contributed by atoms with E-state index in [-0.39, 0.29) is 0 Å². The highest BCUT2D eigenvalue weighted by atomic mass is 79.9. The van der Waals surface area contributed by atoms with Gasteiger partial charge in [0.25, 0.3) is 0 Å². The molecular formula is C5H3BrN2O. The zero-order valence-electron chi connectivity index (χ0n) is 4.41. The molecule has 0 fully saturated rings. The lowest BCUT2D eigenvalue weighted by Gasteiger charge is -1.88. The summed E-state index contributed by atoms with van der Waals surface area (Å²) in [6.45, 7) is 0. The SMILES string of the molecule is O=Cc1ccnnc1Br. The fourth-order valence-corrected chi connectivity index (χ4v) is 0.729. The second-order valence-electron chi connectivity index (χ2n) is 1.40. The number of hydrogen-bond donors (Lipinski definition) is 0. The van der Waals surface area contributed by atoms with Crippen LogP contribution in [-0.2, 0) is 0 Å². The molecule has 9 heavy (non-hydrogen) atoms. The van der Waals surface area contributed by atoms with Crippen LogP contribution in [0.25, 0.3) is 0 Å². The maximum absolute atomic E-state index is 10.1. The maximum Gasteiger partial charge on any atom is 0.152 e. The van der Waals surface area contributed by atoms with Gasteiger partial charge < -0.3 is 0 Å². The number of aromatic nitrogens is 2. The third-order valence-corrected chi connectivity index (χ3v) is 1.45. The molecule has 0 radical (unpaired) electrons. The molecule has 1 rings (SSSR count). The molecule has 1 aromatic rings. The molecule has 1 aromatic heterocycles. The molecular weight excluding hydrogens is 184 g/mol. The van der Waals surface area contributed by atoms with Crippen molar-refractivity contribution < 1.29 is 4.79 Å². The van der Waals surface area contributed by atoms with Crippen LogP contribution in [0.4, 0.5) is 0 Å². The van der Waals surface area contributed by atoms with E-state index < -0.39 is 0 Å². The molecule has 0 aliphatic carbocycles. The van der Waals surface area contributed by atoms with E-state index in [9.17, 15) is 4.79 Å². The van der Waals surface area contributed by atoms with Crippen LogP contribution >= 0.6 is 15.9 Å². The standard InChI is InChI=1S/C5H3BrN2O/c6-5-4(3-9)1-2-7-8-5/h1-3H. The molecule has 0 saturated carbocycles. The van der Waals surface area contributed by atoms with Crippen molar-refractivity contribution in [3.05, 3.63) is 22.4 Å². The van der Waals surface area contributed by atoms with Crippen LogP contribution in [0.2, 0.25) is 0 Å². The van der Waals surface area contributed by atoms with E-state index >= 15 is 0 Å². The summed E-state index contributed by atoms with van der Waals surface area (Å²) in [6, 6.07) is 1.59.